The summed E-state index contributed by atoms with van der Waals surface area (Å²) in [6.07, 6.45) is 0.451. The van der Waals surface area contributed by atoms with Crippen molar-refractivity contribution in [3.8, 4) is 5.75 Å². The van der Waals surface area contributed by atoms with Crippen molar-refractivity contribution in [1.82, 2.24) is 0 Å². The molecule has 4 rings (SSSR count). The lowest BCUT2D eigenvalue weighted by Crippen LogP contribution is -2.31. The molecular formula is C21H18ClNO5. The van der Waals surface area contributed by atoms with Crippen molar-refractivity contribution in [2.24, 2.45) is 5.92 Å². The van der Waals surface area contributed by atoms with Crippen LogP contribution in [-0.2, 0) is 20.7 Å². The van der Waals surface area contributed by atoms with Gasteiger partial charge in [0.25, 0.3) is 0 Å². The first-order valence-corrected chi connectivity index (χ1v) is 9.36. The van der Waals surface area contributed by atoms with Crippen LogP contribution < -0.4 is 10.1 Å². The van der Waals surface area contributed by atoms with Gasteiger partial charge in [-0.05, 0) is 60.9 Å². The van der Waals surface area contributed by atoms with Crippen LogP contribution in [0.4, 0.5) is 5.69 Å². The van der Waals surface area contributed by atoms with E-state index in [2.05, 4.69) is 5.32 Å². The van der Waals surface area contributed by atoms with Gasteiger partial charge in [0, 0.05) is 16.3 Å². The summed E-state index contributed by atoms with van der Waals surface area (Å²) in [5.74, 6) is -0.978. The average molecular weight is 400 g/mol. The van der Waals surface area contributed by atoms with Gasteiger partial charge in [0.2, 0.25) is 5.91 Å². The molecule has 0 saturated carbocycles. The van der Waals surface area contributed by atoms with E-state index in [1.54, 1.807) is 43.3 Å². The molecule has 0 aliphatic carbocycles. The van der Waals surface area contributed by atoms with E-state index in [-0.39, 0.29) is 30.8 Å². The number of hydrogen-bond acceptors (Lipinski definition) is 5. The van der Waals surface area contributed by atoms with Gasteiger partial charge in [-0.1, -0.05) is 11.6 Å². The van der Waals surface area contributed by atoms with Crippen molar-refractivity contribution < 1.29 is 23.9 Å². The van der Waals surface area contributed by atoms with E-state index in [1.807, 2.05) is 0 Å². The zero-order valence-corrected chi connectivity index (χ0v) is 15.9. The van der Waals surface area contributed by atoms with Crippen LogP contribution in [0.3, 0.4) is 0 Å². The van der Waals surface area contributed by atoms with Crippen LogP contribution in [0.2, 0.25) is 5.02 Å². The van der Waals surface area contributed by atoms with Crippen LogP contribution in [0.5, 0.6) is 5.75 Å². The smallest absolute Gasteiger partial charge is 0.313 e. The summed E-state index contributed by atoms with van der Waals surface area (Å²) in [6.45, 7) is 1.63. The maximum Gasteiger partial charge on any atom is 0.313 e. The standard InChI is InChI=1S/C21H18ClNO5/c1-11-16-8-12(2-4-17(16)23-20(11)25)18(24)10-28-21(26)14-6-13-7-15(22)3-5-19(13)27-9-14/h2-5,7-8,11,14H,6,9-10H2,1H3,(H,23,25)/t11-,14+/m1/s1. The van der Waals surface area contributed by atoms with E-state index in [0.717, 1.165) is 11.1 Å². The fourth-order valence-corrected chi connectivity index (χ4v) is 3.64. The molecule has 0 aromatic heterocycles. The van der Waals surface area contributed by atoms with E-state index in [0.29, 0.717) is 28.4 Å². The number of benzene rings is 2. The van der Waals surface area contributed by atoms with Crippen LogP contribution in [0.25, 0.3) is 0 Å². The zero-order valence-electron chi connectivity index (χ0n) is 15.2. The summed E-state index contributed by atoms with van der Waals surface area (Å²) in [5.41, 5.74) is 2.74. The van der Waals surface area contributed by atoms with Gasteiger partial charge in [0.05, 0.1) is 11.8 Å². The molecule has 0 radical (unpaired) electrons. The molecule has 2 aromatic rings. The van der Waals surface area contributed by atoms with E-state index < -0.39 is 11.9 Å². The van der Waals surface area contributed by atoms with Gasteiger partial charge in [-0.3, -0.25) is 14.4 Å². The molecular weight excluding hydrogens is 382 g/mol. The normalized spacial score (nSPS) is 19.9. The number of ketones is 1. The molecule has 28 heavy (non-hydrogen) atoms. The second kappa shape index (κ2) is 7.28. The van der Waals surface area contributed by atoms with Crippen molar-refractivity contribution in [3.05, 3.63) is 58.1 Å². The molecule has 144 valence electrons. The Kier molecular flexibility index (Phi) is 4.81. The highest BCUT2D eigenvalue weighted by Gasteiger charge is 2.29. The maximum atomic E-state index is 12.4. The van der Waals surface area contributed by atoms with E-state index in [4.69, 9.17) is 21.1 Å². The minimum Gasteiger partial charge on any atom is -0.492 e. The van der Waals surface area contributed by atoms with E-state index in [1.165, 1.54) is 0 Å². The summed E-state index contributed by atoms with van der Waals surface area (Å²) in [7, 11) is 0. The van der Waals surface area contributed by atoms with Gasteiger partial charge in [0.1, 0.15) is 12.4 Å². The van der Waals surface area contributed by atoms with Crippen molar-refractivity contribution in [1.29, 1.82) is 0 Å². The number of halogens is 1. The predicted octanol–water partition coefficient (Wildman–Crippen LogP) is 3.37. The number of fused-ring (bicyclic) bond motifs is 2. The Bertz CT molecular complexity index is 987. The van der Waals surface area contributed by atoms with E-state index in [9.17, 15) is 14.4 Å². The van der Waals surface area contributed by atoms with Crippen LogP contribution in [-0.4, -0.2) is 30.9 Å². The molecule has 1 amide bonds. The summed E-state index contributed by atoms with van der Waals surface area (Å²) in [5, 5.41) is 3.33. The lowest BCUT2D eigenvalue weighted by Gasteiger charge is -2.24. The Morgan fingerprint density at radius 1 is 1.25 bits per heavy atom. The Morgan fingerprint density at radius 3 is 2.89 bits per heavy atom. The SMILES string of the molecule is C[C@H]1C(=O)Nc2ccc(C(=O)COC(=O)[C@@H]3COc4ccc(Cl)cc4C3)cc21. The quantitative estimate of drug-likeness (QED) is 0.629. The summed E-state index contributed by atoms with van der Waals surface area (Å²) in [6, 6.07) is 10.3. The first-order valence-electron chi connectivity index (χ1n) is 8.98. The zero-order chi connectivity index (χ0) is 19.8. The molecule has 0 unspecified atom stereocenters. The minimum absolute atomic E-state index is 0.0938. The number of hydrogen-bond donors (Lipinski definition) is 1. The third-order valence-corrected chi connectivity index (χ3v) is 5.33. The van der Waals surface area contributed by atoms with Crippen molar-refractivity contribution in [2.45, 2.75) is 19.3 Å². The lowest BCUT2D eigenvalue weighted by atomic mass is 9.97. The molecule has 1 N–H and O–H groups in total. The summed E-state index contributed by atoms with van der Waals surface area (Å²) < 4.78 is 10.8. The lowest BCUT2D eigenvalue weighted by molar-refractivity contribution is -0.148. The molecule has 2 aromatic carbocycles. The number of esters is 1. The van der Waals surface area contributed by atoms with Gasteiger partial charge < -0.3 is 14.8 Å². The Hall–Kier alpha value is -2.86. The first-order chi connectivity index (χ1) is 13.4. The Morgan fingerprint density at radius 2 is 2.07 bits per heavy atom. The average Bonchev–Trinajstić information content (AvgIpc) is 2.98. The molecule has 2 atom stereocenters. The number of ether oxygens (including phenoxy) is 2. The third-order valence-electron chi connectivity index (χ3n) is 5.10. The van der Waals surface area contributed by atoms with Crippen molar-refractivity contribution in [3.63, 3.8) is 0 Å². The van der Waals surface area contributed by atoms with Crippen LogP contribution in [0.1, 0.15) is 34.3 Å². The number of amides is 1. The molecule has 2 aliphatic rings. The number of Topliss-reactive ketones (excluding diaryl/α,β-unsaturated/α-hetero) is 1. The molecule has 0 saturated heterocycles. The fourth-order valence-electron chi connectivity index (χ4n) is 3.44. The number of carbonyl (C=O) groups excluding carboxylic acids is 3. The topological polar surface area (TPSA) is 81.7 Å². The maximum absolute atomic E-state index is 12.4. The predicted molar refractivity (Wildman–Crippen MR) is 103 cm³/mol. The van der Waals surface area contributed by atoms with Crippen molar-refractivity contribution >= 4 is 34.9 Å². The largest absolute Gasteiger partial charge is 0.492 e. The molecule has 0 spiro atoms. The first kappa shape index (κ1) is 18.5. The second-order valence-corrected chi connectivity index (χ2v) is 7.44. The van der Waals surface area contributed by atoms with Gasteiger partial charge in [-0.2, -0.15) is 0 Å². The van der Waals surface area contributed by atoms with Crippen LogP contribution in [0.15, 0.2) is 36.4 Å². The highest BCUT2D eigenvalue weighted by atomic mass is 35.5. The molecule has 0 bridgehead atoms. The highest BCUT2D eigenvalue weighted by molar-refractivity contribution is 6.30. The van der Waals surface area contributed by atoms with Crippen LogP contribution in [0, 0.1) is 5.92 Å². The van der Waals surface area contributed by atoms with Crippen molar-refractivity contribution in [2.75, 3.05) is 18.5 Å². The number of rotatable bonds is 4. The van der Waals surface area contributed by atoms with Gasteiger partial charge in [-0.15, -0.1) is 0 Å². The fraction of sp³-hybridized carbons (Fsp3) is 0.286. The van der Waals surface area contributed by atoms with Gasteiger partial charge >= 0.3 is 5.97 Å². The molecule has 2 aliphatic heterocycles. The number of carbonyl (C=O) groups is 3. The Balaban J connectivity index is 1.38. The number of anilines is 1. The molecule has 6 nitrogen and oxygen atoms in total. The third kappa shape index (κ3) is 3.47. The van der Waals surface area contributed by atoms with Crippen LogP contribution >= 0.6 is 11.6 Å². The van der Waals surface area contributed by atoms with Gasteiger partial charge in [-0.25, -0.2) is 0 Å². The van der Waals surface area contributed by atoms with Gasteiger partial charge in [0.15, 0.2) is 12.4 Å². The molecule has 2 heterocycles. The molecule has 0 fully saturated rings. The number of nitrogens with one attached hydrogen (secondary N) is 1. The highest BCUT2D eigenvalue weighted by Crippen LogP contribution is 2.33. The van der Waals surface area contributed by atoms with E-state index >= 15 is 0 Å². The monoisotopic (exact) mass is 399 g/mol. The summed E-state index contributed by atoms with van der Waals surface area (Å²) >= 11 is 5.99. The molecule has 7 heteroatoms. The second-order valence-electron chi connectivity index (χ2n) is 7.01. The summed E-state index contributed by atoms with van der Waals surface area (Å²) in [4.78, 5) is 36.5. The Labute approximate surface area is 166 Å². The minimum atomic E-state index is -0.486.